The fraction of sp³-hybridized carbons (Fsp3) is 0.250. The highest BCUT2D eigenvalue weighted by molar-refractivity contribution is 7.80. The molecule has 1 N–H and O–H groups in total. The number of aromatic nitrogens is 4. The number of fused-ring (bicyclic) bond motifs is 1. The van der Waals surface area contributed by atoms with E-state index in [9.17, 15) is 9.90 Å². The first kappa shape index (κ1) is 10.7. The van der Waals surface area contributed by atoms with Crippen molar-refractivity contribution in [1.29, 1.82) is 0 Å². The zero-order chi connectivity index (χ0) is 11.7. The second-order valence-electron chi connectivity index (χ2n) is 2.84. The molecular weight excluding hydrogens is 232 g/mol. The molecule has 0 unspecified atom stereocenters. The molecule has 0 fully saturated rings. The number of esters is 1. The van der Waals surface area contributed by atoms with Crippen LogP contribution in [0.25, 0.3) is 5.78 Å². The number of thiol groups is 1. The predicted molar refractivity (Wildman–Crippen MR) is 55.7 cm³/mol. The molecular formula is C8H8N4O3S. The Morgan fingerprint density at radius 1 is 1.69 bits per heavy atom. The SMILES string of the molecule is CCOC(=O)c1cnc2nc(S)nn2c1O. The molecule has 0 atom stereocenters. The zero-order valence-corrected chi connectivity index (χ0v) is 9.18. The summed E-state index contributed by atoms with van der Waals surface area (Å²) in [6.07, 6.45) is 1.19. The average Bonchev–Trinajstić information content (AvgIpc) is 2.60. The Morgan fingerprint density at radius 2 is 2.44 bits per heavy atom. The van der Waals surface area contributed by atoms with Gasteiger partial charge in [0.25, 0.3) is 5.78 Å². The van der Waals surface area contributed by atoms with Gasteiger partial charge >= 0.3 is 5.97 Å². The summed E-state index contributed by atoms with van der Waals surface area (Å²) in [5, 5.41) is 13.7. The topological polar surface area (TPSA) is 89.6 Å². The van der Waals surface area contributed by atoms with Crippen molar-refractivity contribution in [3.63, 3.8) is 0 Å². The lowest BCUT2D eigenvalue weighted by molar-refractivity contribution is 0.0521. The first-order valence-corrected chi connectivity index (χ1v) is 4.89. The molecule has 0 spiro atoms. The molecule has 0 aromatic carbocycles. The van der Waals surface area contributed by atoms with Crippen molar-refractivity contribution in [3.8, 4) is 5.88 Å². The van der Waals surface area contributed by atoms with Crippen LogP contribution >= 0.6 is 12.6 Å². The normalized spacial score (nSPS) is 10.6. The van der Waals surface area contributed by atoms with Gasteiger partial charge in [0.05, 0.1) is 12.8 Å². The smallest absolute Gasteiger partial charge is 0.345 e. The van der Waals surface area contributed by atoms with Gasteiger partial charge in [-0.05, 0) is 6.92 Å². The van der Waals surface area contributed by atoms with E-state index in [-0.39, 0.29) is 29.0 Å². The van der Waals surface area contributed by atoms with Crippen LogP contribution in [-0.2, 0) is 4.74 Å². The van der Waals surface area contributed by atoms with E-state index < -0.39 is 5.97 Å². The molecule has 0 aliphatic rings. The molecule has 2 rings (SSSR count). The number of carbonyl (C=O) groups excluding carboxylic acids is 1. The van der Waals surface area contributed by atoms with Gasteiger partial charge in [-0.1, -0.05) is 0 Å². The largest absolute Gasteiger partial charge is 0.493 e. The summed E-state index contributed by atoms with van der Waals surface area (Å²) in [6, 6.07) is 0. The van der Waals surface area contributed by atoms with Crippen molar-refractivity contribution in [1.82, 2.24) is 19.6 Å². The molecule has 8 heteroatoms. The monoisotopic (exact) mass is 240 g/mol. The van der Waals surface area contributed by atoms with Gasteiger partial charge in [0.2, 0.25) is 11.0 Å². The number of aromatic hydroxyl groups is 1. The number of carbonyl (C=O) groups is 1. The van der Waals surface area contributed by atoms with Crippen LogP contribution in [0, 0.1) is 0 Å². The van der Waals surface area contributed by atoms with Crippen LogP contribution in [-0.4, -0.2) is 37.3 Å². The molecule has 7 nitrogen and oxygen atoms in total. The van der Waals surface area contributed by atoms with Crippen LogP contribution in [0.15, 0.2) is 11.4 Å². The van der Waals surface area contributed by atoms with E-state index in [0.717, 1.165) is 4.52 Å². The lowest BCUT2D eigenvalue weighted by atomic mass is 10.3. The Labute approximate surface area is 95.5 Å². The maximum atomic E-state index is 11.4. The molecule has 0 aliphatic heterocycles. The third-order valence-corrected chi connectivity index (χ3v) is 2.01. The van der Waals surface area contributed by atoms with Crippen molar-refractivity contribution in [2.24, 2.45) is 0 Å². The summed E-state index contributed by atoms with van der Waals surface area (Å²) in [5.74, 6) is -0.864. The van der Waals surface area contributed by atoms with Crippen molar-refractivity contribution in [2.75, 3.05) is 6.61 Å². The molecule has 16 heavy (non-hydrogen) atoms. The summed E-state index contributed by atoms with van der Waals surface area (Å²) in [5.41, 5.74) is -0.0624. The van der Waals surface area contributed by atoms with Crippen LogP contribution < -0.4 is 0 Å². The number of nitrogens with zero attached hydrogens (tertiary/aromatic N) is 4. The lowest BCUT2D eigenvalue weighted by Crippen LogP contribution is -2.08. The fourth-order valence-electron chi connectivity index (χ4n) is 1.17. The minimum atomic E-state index is -0.661. The quantitative estimate of drug-likeness (QED) is 0.579. The molecule has 84 valence electrons. The van der Waals surface area contributed by atoms with Gasteiger partial charge in [-0.3, -0.25) is 0 Å². The summed E-state index contributed by atoms with van der Waals surface area (Å²) < 4.78 is 5.77. The van der Waals surface area contributed by atoms with Gasteiger partial charge in [-0.25, -0.2) is 9.78 Å². The molecule has 0 saturated carbocycles. The van der Waals surface area contributed by atoms with Crippen LogP contribution in [0.3, 0.4) is 0 Å². The van der Waals surface area contributed by atoms with E-state index in [0.29, 0.717) is 0 Å². The van der Waals surface area contributed by atoms with Crippen molar-refractivity contribution >= 4 is 24.4 Å². The molecule has 2 aromatic heterocycles. The molecule has 0 radical (unpaired) electrons. The highest BCUT2D eigenvalue weighted by Gasteiger charge is 2.17. The van der Waals surface area contributed by atoms with Gasteiger partial charge in [-0.15, -0.1) is 17.7 Å². The van der Waals surface area contributed by atoms with Crippen molar-refractivity contribution in [2.45, 2.75) is 12.1 Å². The predicted octanol–water partition coefficient (Wildman–Crippen LogP) is 0.295. The third kappa shape index (κ3) is 1.67. The third-order valence-electron chi connectivity index (χ3n) is 1.82. The van der Waals surface area contributed by atoms with E-state index in [2.05, 4.69) is 27.7 Å². The average molecular weight is 240 g/mol. The standard InChI is InChI=1S/C8H8N4O3S/c1-2-15-6(14)4-3-9-7-10-8(16)11-12(7)5(4)13/h3,13H,2H2,1H3,(H,11,16). The fourth-order valence-corrected chi connectivity index (χ4v) is 1.34. The van der Waals surface area contributed by atoms with Crippen LogP contribution in [0.1, 0.15) is 17.3 Å². The Morgan fingerprint density at radius 3 is 3.12 bits per heavy atom. The Hall–Kier alpha value is -1.83. The highest BCUT2D eigenvalue weighted by Crippen LogP contribution is 2.17. The van der Waals surface area contributed by atoms with Gasteiger partial charge in [0.15, 0.2) is 0 Å². The molecule has 0 amide bonds. The number of rotatable bonds is 2. The van der Waals surface area contributed by atoms with Crippen LogP contribution in [0.4, 0.5) is 0 Å². The Balaban J connectivity index is 2.55. The molecule has 2 heterocycles. The van der Waals surface area contributed by atoms with E-state index in [1.807, 2.05) is 0 Å². The van der Waals surface area contributed by atoms with Crippen LogP contribution in [0.2, 0.25) is 0 Å². The molecule has 0 saturated heterocycles. The molecule has 0 bridgehead atoms. The van der Waals surface area contributed by atoms with Crippen molar-refractivity contribution in [3.05, 3.63) is 11.8 Å². The summed E-state index contributed by atoms with van der Waals surface area (Å²) in [6.45, 7) is 1.88. The summed E-state index contributed by atoms with van der Waals surface area (Å²) in [7, 11) is 0. The minimum absolute atomic E-state index is 0.0624. The van der Waals surface area contributed by atoms with E-state index >= 15 is 0 Å². The first-order chi connectivity index (χ1) is 7.63. The van der Waals surface area contributed by atoms with Crippen molar-refractivity contribution < 1.29 is 14.6 Å². The molecule has 0 aliphatic carbocycles. The van der Waals surface area contributed by atoms with Crippen LogP contribution in [0.5, 0.6) is 5.88 Å². The number of ether oxygens (including phenoxy) is 1. The molecule has 2 aromatic rings. The second kappa shape index (κ2) is 3.97. The Kier molecular flexibility index (Phi) is 2.65. The van der Waals surface area contributed by atoms with E-state index in [4.69, 9.17) is 4.74 Å². The Bertz CT molecular complexity index is 553. The first-order valence-electron chi connectivity index (χ1n) is 4.44. The summed E-state index contributed by atoms with van der Waals surface area (Å²) in [4.78, 5) is 19.1. The second-order valence-corrected chi connectivity index (χ2v) is 3.24. The van der Waals surface area contributed by atoms with Gasteiger partial charge < -0.3 is 9.84 Å². The van der Waals surface area contributed by atoms with E-state index in [1.165, 1.54) is 6.20 Å². The number of hydrogen-bond donors (Lipinski definition) is 2. The van der Waals surface area contributed by atoms with Gasteiger partial charge in [0.1, 0.15) is 5.56 Å². The van der Waals surface area contributed by atoms with Gasteiger partial charge in [-0.2, -0.15) is 9.50 Å². The minimum Gasteiger partial charge on any atom is -0.493 e. The van der Waals surface area contributed by atoms with E-state index in [1.54, 1.807) is 6.92 Å². The zero-order valence-electron chi connectivity index (χ0n) is 8.28. The number of hydrogen-bond acceptors (Lipinski definition) is 7. The summed E-state index contributed by atoms with van der Waals surface area (Å²) >= 11 is 3.91. The lowest BCUT2D eigenvalue weighted by Gasteiger charge is -2.03. The highest BCUT2D eigenvalue weighted by atomic mass is 32.1. The maximum Gasteiger partial charge on any atom is 0.345 e. The van der Waals surface area contributed by atoms with Gasteiger partial charge in [0, 0.05) is 0 Å². The maximum absolute atomic E-state index is 11.4.